The van der Waals surface area contributed by atoms with E-state index in [1.807, 2.05) is 18.2 Å². The minimum absolute atomic E-state index is 0.580. The molecule has 0 radical (unpaired) electrons. The SMILES string of the molecule is CCN1CCC[C@@](O)(CNCc2ccccn2)C1. The number of likely N-dealkylation sites (tertiary alicyclic amines) is 1. The second kappa shape index (κ2) is 6.27. The molecule has 0 aromatic carbocycles. The van der Waals surface area contributed by atoms with E-state index in [1.54, 1.807) is 6.20 Å². The third kappa shape index (κ3) is 3.77. The number of hydrogen-bond acceptors (Lipinski definition) is 4. The van der Waals surface area contributed by atoms with Crippen molar-refractivity contribution in [2.45, 2.75) is 31.9 Å². The molecule has 1 aliphatic rings. The summed E-state index contributed by atoms with van der Waals surface area (Å²) in [6, 6.07) is 5.89. The van der Waals surface area contributed by atoms with Gasteiger partial charge in [-0.15, -0.1) is 0 Å². The Morgan fingerprint density at radius 2 is 2.39 bits per heavy atom. The smallest absolute Gasteiger partial charge is 0.0898 e. The third-order valence-corrected chi connectivity index (χ3v) is 3.57. The molecular formula is C14H23N3O. The van der Waals surface area contributed by atoms with Crippen LogP contribution in [0, 0.1) is 0 Å². The van der Waals surface area contributed by atoms with Crippen LogP contribution in [0.15, 0.2) is 24.4 Å². The molecule has 1 aliphatic heterocycles. The summed E-state index contributed by atoms with van der Waals surface area (Å²) in [5, 5.41) is 13.8. The molecule has 0 amide bonds. The summed E-state index contributed by atoms with van der Waals surface area (Å²) in [6.07, 6.45) is 3.76. The molecule has 0 spiro atoms. The fraction of sp³-hybridized carbons (Fsp3) is 0.643. The molecule has 4 heteroatoms. The summed E-state index contributed by atoms with van der Waals surface area (Å²) in [4.78, 5) is 6.57. The van der Waals surface area contributed by atoms with Crippen molar-refractivity contribution in [2.75, 3.05) is 26.2 Å². The first-order valence-electron chi connectivity index (χ1n) is 6.77. The zero-order valence-electron chi connectivity index (χ0n) is 11.1. The molecule has 1 saturated heterocycles. The van der Waals surface area contributed by atoms with Crippen LogP contribution in [0.4, 0.5) is 0 Å². The summed E-state index contributed by atoms with van der Waals surface area (Å²) < 4.78 is 0. The van der Waals surface area contributed by atoms with Gasteiger partial charge >= 0.3 is 0 Å². The first kappa shape index (κ1) is 13.5. The summed E-state index contributed by atoms with van der Waals surface area (Å²) in [5.41, 5.74) is 0.438. The van der Waals surface area contributed by atoms with Crippen molar-refractivity contribution in [2.24, 2.45) is 0 Å². The Morgan fingerprint density at radius 1 is 1.50 bits per heavy atom. The molecule has 1 fully saturated rings. The van der Waals surface area contributed by atoms with E-state index in [4.69, 9.17) is 0 Å². The number of rotatable bonds is 5. The molecule has 100 valence electrons. The molecule has 4 nitrogen and oxygen atoms in total. The molecule has 0 aliphatic carbocycles. The first-order valence-corrected chi connectivity index (χ1v) is 6.77. The third-order valence-electron chi connectivity index (χ3n) is 3.57. The maximum Gasteiger partial charge on any atom is 0.0898 e. The molecule has 1 aromatic rings. The van der Waals surface area contributed by atoms with Gasteiger partial charge in [0.2, 0.25) is 0 Å². The number of aliphatic hydroxyl groups is 1. The van der Waals surface area contributed by atoms with E-state index in [1.165, 1.54) is 0 Å². The van der Waals surface area contributed by atoms with Gasteiger partial charge in [0.25, 0.3) is 0 Å². The summed E-state index contributed by atoms with van der Waals surface area (Å²) >= 11 is 0. The maximum absolute atomic E-state index is 10.5. The highest BCUT2D eigenvalue weighted by molar-refractivity contribution is 5.03. The van der Waals surface area contributed by atoms with Gasteiger partial charge in [-0.25, -0.2) is 0 Å². The van der Waals surface area contributed by atoms with Gasteiger partial charge in [0.05, 0.1) is 11.3 Å². The Hall–Kier alpha value is -0.970. The quantitative estimate of drug-likeness (QED) is 0.818. The Morgan fingerprint density at radius 3 is 3.11 bits per heavy atom. The van der Waals surface area contributed by atoms with Gasteiger partial charge in [0, 0.05) is 25.8 Å². The van der Waals surface area contributed by atoms with Crippen LogP contribution in [-0.2, 0) is 6.54 Å². The first-order chi connectivity index (χ1) is 8.72. The molecule has 1 atom stereocenters. The molecule has 18 heavy (non-hydrogen) atoms. The number of aromatic nitrogens is 1. The monoisotopic (exact) mass is 249 g/mol. The van der Waals surface area contributed by atoms with Crippen LogP contribution < -0.4 is 5.32 Å². The molecule has 2 rings (SSSR count). The minimum atomic E-state index is -0.580. The summed E-state index contributed by atoms with van der Waals surface area (Å²) in [6.45, 7) is 6.41. The number of nitrogens with one attached hydrogen (secondary N) is 1. The van der Waals surface area contributed by atoms with Crippen LogP contribution >= 0.6 is 0 Å². The van der Waals surface area contributed by atoms with Gasteiger partial charge in [0.1, 0.15) is 0 Å². The minimum Gasteiger partial charge on any atom is -0.387 e. The lowest BCUT2D eigenvalue weighted by atomic mass is 9.93. The zero-order chi connectivity index (χ0) is 12.8. The molecular weight excluding hydrogens is 226 g/mol. The van der Waals surface area contributed by atoms with Gasteiger partial charge in [0.15, 0.2) is 0 Å². The predicted molar refractivity (Wildman–Crippen MR) is 72.2 cm³/mol. The highest BCUT2D eigenvalue weighted by Crippen LogP contribution is 2.20. The van der Waals surface area contributed by atoms with Crippen LogP contribution in [0.2, 0.25) is 0 Å². The average Bonchev–Trinajstić information content (AvgIpc) is 2.40. The normalized spacial score (nSPS) is 25.2. The van der Waals surface area contributed by atoms with E-state index in [-0.39, 0.29) is 0 Å². The Kier molecular flexibility index (Phi) is 4.69. The van der Waals surface area contributed by atoms with Crippen LogP contribution in [-0.4, -0.2) is 46.8 Å². The number of piperidine rings is 1. The van der Waals surface area contributed by atoms with E-state index in [2.05, 4.69) is 22.1 Å². The van der Waals surface area contributed by atoms with Crippen molar-refractivity contribution in [3.05, 3.63) is 30.1 Å². The van der Waals surface area contributed by atoms with Gasteiger partial charge in [-0.2, -0.15) is 0 Å². The second-order valence-corrected chi connectivity index (χ2v) is 5.12. The van der Waals surface area contributed by atoms with Crippen molar-refractivity contribution in [3.8, 4) is 0 Å². The van der Waals surface area contributed by atoms with Gasteiger partial charge < -0.3 is 15.3 Å². The Balaban J connectivity index is 1.78. The number of β-amino-alcohol motifs (C(OH)–C–C–N with tert-alkyl or cyclic N) is 1. The number of pyridine rings is 1. The molecule has 2 heterocycles. The number of hydrogen-bond donors (Lipinski definition) is 2. The van der Waals surface area contributed by atoms with Crippen LogP contribution in [0.1, 0.15) is 25.5 Å². The van der Waals surface area contributed by atoms with E-state index < -0.39 is 5.60 Å². The molecule has 2 N–H and O–H groups in total. The van der Waals surface area contributed by atoms with Crippen LogP contribution in [0.25, 0.3) is 0 Å². The summed E-state index contributed by atoms with van der Waals surface area (Å²) in [5.74, 6) is 0. The zero-order valence-corrected chi connectivity index (χ0v) is 11.1. The Bertz CT molecular complexity index is 357. The van der Waals surface area contributed by atoms with Crippen LogP contribution in [0.5, 0.6) is 0 Å². The standard InChI is InChI=1S/C14H23N3O/c1-2-17-9-5-7-14(18,12-17)11-15-10-13-6-3-4-8-16-13/h3-4,6,8,15,18H,2,5,7,9-12H2,1H3/t14-/m1/s1. The number of nitrogens with zero attached hydrogens (tertiary/aromatic N) is 2. The molecule has 0 saturated carbocycles. The second-order valence-electron chi connectivity index (χ2n) is 5.12. The summed E-state index contributed by atoms with van der Waals surface area (Å²) in [7, 11) is 0. The fourth-order valence-corrected chi connectivity index (χ4v) is 2.55. The van der Waals surface area contributed by atoms with E-state index in [0.29, 0.717) is 6.54 Å². The molecule has 0 bridgehead atoms. The predicted octanol–water partition coefficient (Wildman–Crippen LogP) is 1.02. The highest BCUT2D eigenvalue weighted by atomic mass is 16.3. The number of likely N-dealkylation sites (N-methyl/N-ethyl adjacent to an activating group) is 1. The van der Waals surface area contributed by atoms with Crippen LogP contribution in [0.3, 0.4) is 0 Å². The van der Waals surface area contributed by atoms with Gasteiger partial charge in [-0.3, -0.25) is 4.98 Å². The lowest BCUT2D eigenvalue weighted by Crippen LogP contribution is -2.53. The largest absolute Gasteiger partial charge is 0.387 e. The topological polar surface area (TPSA) is 48.4 Å². The Labute approximate surface area is 109 Å². The van der Waals surface area contributed by atoms with Crippen molar-refractivity contribution in [1.82, 2.24) is 15.2 Å². The van der Waals surface area contributed by atoms with E-state index in [9.17, 15) is 5.11 Å². The van der Waals surface area contributed by atoms with E-state index in [0.717, 1.165) is 44.7 Å². The highest BCUT2D eigenvalue weighted by Gasteiger charge is 2.32. The van der Waals surface area contributed by atoms with Crippen molar-refractivity contribution in [3.63, 3.8) is 0 Å². The van der Waals surface area contributed by atoms with Gasteiger partial charge in [-0.05, 0) is 38.1 Å². The molecule has 1 aromatic heterocycles. The van der Waals surface area contributed by atoms with E-state index >= 15 is 0 Å². The lowest BCUT2D eigenvalue weighted by molar-refractivity contribution is -0.0280. The maximum atomic E-state index is 10.5. The van der Waals surface area contributed by atoms with Gasteiger partial charge in [-0.1, -0.05) is 13.0 Å². The average molecular weight is 249 g/mol. The van der Waals surface area contributed by atoms with Crippen molar-refractivity contribution >= 4 is 0 Å². The van der Waals surface area contributed by atoms with Crippen molar-refractivity contribution < 1.29 is 5.11 Å². The molecule has 0 unspecified atom stereocenters. The fourth-order valence-electron chi connectivity index (χ4n) is 2.55. The van der Waals surface area contributed by atoms with Crippen molar-refractivity contribution in [1.29, 1.82) is 0 Å². The lowest BCUT2D eigenvalue weighted by Gasteiger charge is -2.39.